The SMILES string of the molecule is CC[C@@H](NC1=C(Nc2cccc(C(=O)N(C)C)c2O)NOCC1=O)c1cc(C(C)C)c(C)o1. The molecule has 9 nitrogen and oxygen atoms in total. The van der Waals surface area contributed by atoms with Crippen LogP contribution >= 0.6 is 0 Å². The van der Waals surface area contributed by atoms with Gasteiger partial charge in [0.15, 0.2) is 11.6 Å². The van der Waals surface area contributed by atoms with Crippen LogP contribution in [0.3, 0.4) is 0 Å². The highest BCUT2D eigenvalue weighted by Gasteiger charge is 2.27. The average molecular weight is 457 g/mol. The van der Waals surface area contributed by atoms with Gasteiger partial charge in [0.25, 0.3) is 5.91 Å². The van der Waals surface area contributed by atoms with Crippen molar-refractivity contribution in [2.45, 2.75) is 46.1 Å². The lowest BCUT2D eigenvalue weighted by Crippen LogP contribution is -2.40. The Bertz CT molecular complexity index is 1070. The Labute approximate surface area is 193 Å². The monoisotopic (exact) mass is 456 g/mol. The maximum Gasteiger partial charge on any atom is 0.257 e. The van der Waals surface area contributed by atoms with E-state index in [0.29, 0.717) is 12.3 Å². The zero-order chi connectivity index (χ0) is 24.3. The summed E-state index contributed by atoms with van der Waals surface area (Å²) in [6.07, 6.45) is 0.674. The van der Waals surface area contributed by atoms with Crippen molar-refractivity contribution in [3.05, 3.63) is 58.4 Å². The van der Waals surface area contributed by atoms with Gasteiger partial charge in [-0.1, -0.05) is 26.8 Å². The van der Waals surface area contributed by atoms with Crippen molar-refractivity contribution < 1.29 is 24.0 Å². The van der Waals surface area contributed by atoms with E-state index in [-0.39, 0.29) is 52.9 Å². The van der Waals surface area contributed by atoms with Gasteiger partial charge in [-0.25, -0.2) is 5.48 Å². The number of carbonyl (C=O) groups excluding carboxylic acids is 2. The van der Waals surface area contributed by atoms with Gasteiger partial charge in [0.1, 0.15) is 23.8 Å². The number of hydrogen-bond donors (Lipinski definition) is 4. The standard InChI is InChI=1S/C24H32N4O5/c1-7-17(20-11-16(13(2)3)14(4)33-20)25-21-19(29)12-32-27-23(21)26-18-10-8-9-15(22(18)30)24(31)28(5)6/h8-11,13,17,25-27,30H,7,12H2,1-6H3/t17-/m1/s1. The van der Waals surface area contributed by atoms with E-state index < -0.39 is 0 Å². The lowest BCUT2D eigenvalue weighted by Gasteiger charge is -2.26. The van der Waals surface area contributed by atoms with E-state index in [1.165, 1.54) is 11.0 Å². The molecule has 0 bridgehead atoms. The summed E-state index contributed by atoms with van der Waals surface area (Å²) < 4.78 is 5.99. The molecule has 9 heteroatoms. The van der Waals surface area contributed by atoms with Crippen LogP contribution in [-0.2, 0) is 9.63 Å². The summed E-state index contributed by atoms with van der Waals surface area (Å²) in [4.78, 5) is 31.6. The van der Waals surface area contributed by atoms with Gasteiger partial charge in [0.05, 0.1) is 17.3 Å². The number of nitrogens with one attached hydrogen (secondary N) is 3. The van der Waals surface area contributed by atoms with Gasteiger partial charge in [0.2, 0.25) is 5.78 Å². The molecule has 1 aromatic carbocycles. The van der Waals surface area contributed by atoms with Crippen molar-refractivity contribution in [3.63, 3.8) is 0 Å². The molecule has 1 aromatic heterocycles. The molecule has 0 aliphatic carbocycles. The number of para-hydroxylation sites is 1. The Hall–Kier alpha value is -3.46. The van der Waals surface area contributed by atoms with Gasteiger partial charge in [0, 0.05) is 14.1 Å². The summed E-state index contributed by atoms with van der Waals surface area (Å²) >= 11 is 0. The molecule has 0 saturated carbocycles. The van der Waals surface area contributed by atoms with E-state index in [0.717, 1.165) is 17.1 Å². The number of phenolic OH excluding ortho intramolecular Hbond substituents is 1. The number of rotatable bonds is 8. The smallest absolute Gasteiger partial charge is 0.257 e. The fourth-order valence-corrected chi connectivity index (χ4v) is 3.68. The molecule has 3 rings (SSSR count). The molecule has 1 aliphatic rings. The zero-order valence-electron chi connectivity index (χ0n) is 19.9. The molecule has 1 amide bonds. The third kappa shape index (κ3) is 5.14. The van der Waals surface area contributed by atoms with Crippen LogP contribution in [-0.4, -0.2) is 42.4 Å². The molecule has 2 heterocycles. The third-order valence-corrected chi connectivity index (χ3v) is 5.51. The average Bonchev–Trinajstić information content (AvgIpc) is 3.16. The van der Waals surface area contributed by atoms with E-state index in [1.807, 2.05) is 19.9 Å². The second kappa shape index (κ2) is 9.99. The van der Waals surface area contributed by atoms with E-state index in [4.69, 9.17) is 9.25 Å². The quantitative estimate of drug-likeness (QED) is 0.446. The van der Waals surface area contributed by atoms with E-state index in [9.17, 15) is 14.7 Å². The Morgan fingerprint density at radius 3 is 2.64 bits per heavy atom. The molecular formula is C24H32N4O5. The van der Waals surface area contributed by atoms with Crippen LogP contribution < -0.4 is 16.1 Å². The highest BCUT2D eigenvalue weighted by molar-refractivity contribution is 5.99. The van der Waals surface area contributed by atoms with Crippen LogP contribution in [0.1, 0.15) is 66.6 Å². The van der Waals surface area contributed by atoms with Gasteiger partial charge < -0.3 is 25.1 Å². The second-order valence-corrected chi connectivity index (χ2v) is 8.51. The van der Waals surface area contributed by atoms with Crippen molar-refractivity contribution in [3.8, 4) is 5.75 Å². The molecule has 1 aliphatic heterocycles. The van der Waals surface area contributed by atoms with Crippen molar-refractivity contribution >= 4 is 17.4 Å². The summed E-state index contributed by atoms with van der Waals surface area (Å²) in [5.41, 5.74) is 4.51. The maximum absolute atomic E-state index is 12.7. The number of furan rings is 1. The van der Waals surface area contributed by atoms with Gasteiger partial charge in [-0.2, -0.15) is 0 Å². The van der Waals surface area contributed by atoms with Crippen molar-refractivity contribution in [2.75, 3.05) is 26.0 Å². The first-order chi connectivity index (χ1) is 15.6. The van der Waals surface area contributed by atoms with E-state index in [2.05, 4.69) is 30.0 Å². The van der Waals surface area contributed by atoms with Crippen molar-refractivity contribution in [1.82, 2.24) is 15.7 Å². The second-order valence-electron chi connectivity index (χ2n) is 8.51. The highest BCUT2D eigenvalue weighted by Crippen LogP contribution is 2.31. The van der Waals surface area contributed by atoms with E-state index >= 15 is 0 Å². The molecule has 0 radical (unpaired) electrons. The minimum Gasteiger partial charge on any atom is -0.505 e. The van der Waals surface area contributed by atoms with Gasteiger partial charge in [-0.05, 0) is 43.0 Å². The molecule has 178 valence electrons. The molecular weight excluding hydrogens is 424 g/mol. The first-order valence-electron chi connectivity index (χ1n) is 11.0. The number of nitrogens with zero attached hydrogens (tertiary/aromatic N) is 1. The minimum atomic E-state index is -0.340. The van der Waals surface area contributed by atoms with Crippen LogP contribution in [0.15, 0.2) is 40.2 Å². The van der Waals surface area contributed by atoms with Crippen molar-refractivity contribution in [2.24, 2.45) is 0 Å². The number of aryl methyl sites for hydroxylation is 1. The summed E-state index contributed by atoms with van der Waals surface area (Å²) in [5, 5.41) is 16.9. The summed E-state index contributed by atoms with van der Waals surface area (Å²) in [6.45, 7) is 7.99. The molecule has 2 aromatic rings. The van der Waals surface area contributed by atoms with Crippen LogP contribution in [0, 0.1) is 6.92 Å². The third-order valence-electron chi connectivity index (χ3n) is 5.51. The fraction of sp³-hybridized carbons (Fsp3) is 0.417. The predicted molar refractivity (Wildman–Crippen MR) is 125 cm³/mol. The van der Waals surface area contributed by atoms with Crippen LogP contribution in [0.5, 0.6) is 5.75 Å². The number of ketones is 1. The van der Waals surface area contributed by atoms with Gasteiger partial charge >= 0.3 is 0 Å². The van der Waals surface area contributed by atoms with Crippen LogP contribution in [0.2, 0.25) is 0 Å². The number of aromatic hydroxyl groups is 1. The number of hydrogen-bond acceptors (Lipinski definition) is 8. The Kier molecular flexibility index (Phi) is 7.33. The topological polar surface area (TPSA) is 116 Å². The molecule has 33 heavy (non-hydrogen) atoms. The first-order valence-corrected chi connectivity index (χ1v) is 11.0. The van der Waals surface area contributed by atoms with E-state index in [1.54, 1.807) is 26.2 Å². The number of phenols is 1. The maximum atomic E-state index is 12.7. The molecule has 0 saturated heterocycles. The number of Topliss-reactive ketones (excluding diaryl/α,β-unsaturated/α-hetero) is 1. The minimum absolute atomic E-state index is 0.141. The van der Waals surface area contributed by atoms with Crippen molar-refractivity contribution in [1.29, 1.82) is 0 Å². The summed E-state index contributed by atoms with van der Waals surface area (Å²) in [7, 11) is 3.21. The van der Waals surface area contributed by atoms with Crippen LogP contribution in [0.4, 0.5) is 5.69 Å². The first kappa shape index (κ1) is 24.2. The summed E-state index contributed by atoms with van der Waals surface area (Å²) in [6, 6.07) is 6.56. The molecule has 0 spiro atoms. The molecule has 0 unspecified atom stereocenters. The van der Waals surface area contributed by atoms with Gasteiger partial charge in [-0.3, -0.25) is 14.4 Å². The summed E-state index contributed by atoms with van der Waals surface area (Å²) in [5.74, 6) is 1.33. The Balaban J connectivity index is 1.94. The fourth-order valence-electron chi connectivity index (χ4n) is 3.68. The number of carbonyl (C=O) groups is 2. The number of benzene rings is 1. The number of anilines is 1. The highest BCUT2D eigenvalue weighted by atomic mass is 16.6. The molecule has 4 N–H and O–H groups in total. The van der Waals surface area contributed by atoms with Crippen LogP contribution in [0.25, 0.3) is 0 Å². The predicted octanol–water partition coefficient (Wildman–Crippen LogP) is 3.54. The lowest BCUT2D eigenvalue weighted by atomic mass is 10.0. The normalized spacial score (nSPS) is 14.8. The van der Waals surface area contributed by atoms with Gasteiger partial charge in [-0.15, -0.1) is 0 Å². The number of hydroxylamine groups is 1. The lowest BCUT2D eigenvalue weighted by molar-refractivity contribution is -0.124. The molecule has 0 fully saturated rings. The molecule has 1 atom stereocenters. The number of amides is 1. The Morgan fingerprint density at radius 1 is 1.30 bits per heavy atom. The zero-order valence-corrected chi connectivity index (χ0v) is 19.9. The largest absolute Gasteiger partial charge is 0.505 e. The Morgan fingerprint density at radius 2 is 2.03 bits per heavy atom.